The lowest BCUT2D eigenvalue weighted by Gasteiger charge is -2.22. The number of Topliss-reactive ketones (excluding diaryl/α,β-unsaturated/α-hetero) is 1. The molecule has 1 unspecified atom stereocenters. The Balaban J connectivity index is 3.90. The van der Waals surface area contributed by atoms with Gasteiger partial charge in [-0.1, -0.05) is 65.2 Å². The highest BCUT2D eigenvalue weighted by molar-refractivity contribution is 5.85. The lowest BCUT2D eigenvalue weighted by Crippen LogP contribution is -2.40. The van der Waals surface area contributed by atoms with Crippen LogP contribution in [0.25, 0.3) is 0 Å². The Labute approximate surface area is 123 Å². The van der Waals surface area contributed by atoms with Crippen LogP contribution < -0.4 is 0 Å². The lowest BCUT2D eigenvalue weighted by atomic mass is 9.98. The Kier molecular flexibility index (Phi) is 12.0. The van der Waals surface area contributed by atoms with Crippen molar-refractivity contribution in [3.8, 4) is 0 Å². The van der Waals surface area contributed by atoms with Crippen molar-refractivity contribution in [1.29, 1.82) is 0 Å². The van der Waals surface area contributed by atoms with Gasteiger partial charge in [-0.3, -0.25) is 4.79 Å². The third kappa shape index (κ3) is 8.67. The standard InChI is InChI=1S/C16H32O4/c1-3-5-7-9-11-13-15(17)16(18,20-19)14-12-10-8-6-4-2/h18-19H,3-14H2,1-2H3. The summed E-state index contributed by atoms with van der Waals surface area (Å²) >= 11 is 0. The molecule has 0 aliphatic rings. The summed E-state index contributed by atoms with van der Waals surface area (Å²) in [6, 6.07) is 0. The molecule has 120 valence electrons. The molecule has 0 aliphatic carbocycles. The van der Waals surface area contributed by atoms with Crippen LogP contribution in [-0.4, -0.2) is 21.9 Å². The van der Waals surface area contributed by atoms with Gasteiger partial charge in [-0.15, -0.1) is 0 Å². The Morgan fingerprint density at radius 3 is 1.90 bits per heavy atom. The third-order valence-corrected chi connectivity index (χ3v) is 3.71. The van der Waals surface area contributed by atoms with Gasteiger partial charge >= 0.3 is 0 Å². The quantitative estimate of drug-likeness (QED) is 0.214. The van der Waals surface area contributed by atoms with Crippen molar-refractivity contribution in [1.82, 2.24) is 0 Å². The van der Waals surface area contributed by atoms with Gasteiger partial charge in [0, 0.05) is 12.8 Å². The molecule has 0 radical (unpaired) electrons. The van der Waals surface area contributed by atoms with Gasteiger partial charge in [-0.2, -0.15) is 4.89 Å². The zero-order valence-corrected chi connectivity index (χ0v) is 13.2. The minimum Gasteiger partial charge on any atom is -0.358 e. The SMILES string of the molecule is CCCCCCCC(=O)C(O)(CCCCCCC)OO. The highest BCUT2D eigenvalue weighted by atomic mass is 17.1. The number of ketones is 1. The van der Waals surface area contributed by atoms with E-state index in [0.717, 1.165) is 51.4 Å². The molecule has 0 saturated heterocycles. The molecule has 0 fully saturated rings. The smallest absolute Gasteiger partial charge is 0.258 e. The Hall–Kier alpha value is -0.450. The van der Waals surface area contributed by atoms with E-state index in [1.54, 1.807) is 0 Å². The largest absolute Gasteiger partial charge is 0.358 e. The summed E-state index contributed by atoms with van der Waals surface area (Å²) in [5, 5.41) is 18.9. The van der Waals surface area contributed by atoms with Gasteiger partial charge in [0.2, 0.25) is 0 Å². The zero-order valence-electron chi connectivity index (χ0n) is 13.2. The molecule has 4 nitrogen and oxygen atoms in total. The maximum Gasteiger partial charge on any atom is 0.258 e. The predicted octanol–water partition coefficient (Wildman–Crippen LogP) is 4.45. The summed E-state index contributed by atoms with van der Waals surface area (Å²) in [4.78, 5) is 16.0. The van der Waals surface area contributed by atoms with Gasteiger partial charge in [-0.05, 0) is 12.8 Å². The maximum atomic E-state index is 11.9. The normalized spacial score (nSPS) is 14.2. The van der Waals surface area contributed by atoms with Gasteiger partial charge in [0.05, 0.1) is 0 Å². The van der Waals surface area contributed by atoms with Crippen LogP contribution in [-0.2, 0) is 9.68 Å². The highest BCUT2D eigenvalue weighted by Crippen LogP contribution is 2.21. The van der Waals surface area contributed by atoms with E-state index in [1.165, 1.54) is 6.42 Å². The summed E-state index contributed by atoms with van der Waals surface area (Å²) < 4.78 is 0. The fourth-order valence-corrected chi connectivity index (χ4v) is 2.29. The minimum absolute atomic E-state index is 0.182. The second-order valence-electron chi connectivity index (χ2n) is 5.63. The van der Waals surface area contributed by atoms with E-state index in [-0.39, 0.29) is 12.8 Å². The van der Waals surface area contributed by atoms with E-state index in [1.807, 2.05) is 0 Å². The minimum atomic E-state index is -1.99. The van der Waals surface area contributed by atoms with E-state index < -0.39 is 11.6 Å². The molecule has 0 spiro atoms. The molecular formula is C16H32O4. The van der Waals surface area contributed by atoms with Gasteiger partial charge in [0.1, 0.15) is 0 Å². The van der Waals surface area contributed by atoms with Crippen molar-refractivity contribution in [2.24, 2.45) is 0 Å². The molecule has 0 aliphatic heterocycles. The van der Waals surface area contributed by atoms with Crippen LogP contribution in [0.2, 0.25) is 0 Å². The van der Waals surface area contributed by atoms with E-state index in [4.69, 9.17) is 5.26 Å². The fraction of sp³-hybridized carbons (Fsp3) is 0.938. The average molecular weight is 288 g/mol. The summed E-state index contributed by atoms with van der Waals surface area (Å²) in [5.74, 6) is -2.39. The molecule has 1 atom stereocenters. The van der Waals surface area contributed by atoms with Gasteiger partial charge in [0.25, 0.3) is 5.79 Å². The number of hydrogen-bond acceptors (Lipinski definition) is 4. The summed E-state index contributed by atoms with van der Waals surface area (Å²) in [6.07, 6.45) is 10.7. The molecule has 0 amide bonds. The number of unbranched alkanes of at least 4 members (excludes halogenated alkanes) is 8. The molecule has 0 heterocycles. The van der Waals surface area contributed by atoms with Gasteiger partial charge < -0.3 is 5.11 Å². The molecule has 0 aromatic heterocycles. The van der Waals surface area contributed by atoms with Crippen LogP contribution in [0.4, 0.5) is 0 Å². The first-order valence-electron chi connectivity index (χ1n) is 8.19. The number of hydrogen-bond donors (Lipinski definition) is 2. The molecule has 0 saturated carbocycles. The summed E-state index contributed by atoms with van der Waals surface area (Å²) in [5.41, 5.74) is 0. The van der Waals surface area contributed by atoms with Gasteiger partial charge in [-0.25, -0.2) is 5.26 Å². The van der Waals surface area contributed by atoms with Crippen LogP contribution in [0.5, 0.6) is 0 Å². The van der Waals surface area contributed by atoms with Crippen molar-refractivity contribution >= 4 is 5.78 Å². The molecule has 4 heteroatoms. The van der Waals surface area contributed by atoms with Crippen LogP contribution >= 0.6 is 0 Å². The Bertz CT molecular complexity index is 243. The molecule has 0 rings (SSSR count). The number of carbonyl (C=O) groups is 1. The number of rotatable bonds is 14. The molecule has 0 aromatic rings. The Morgan fingerprint density at radius 1 is 0.900 bits per heavy atom. The second kappa shape index (κ2) is 12.3. The van der Waals surface area contributed by atoms with Crippen molar-refractivity contribution in [2.45, 2.75) is 96.7 Å². The van der Waals surface area contributed by atoms with Crippen LogP contribution in [0, 0.1) is 0 Å². The van der Waals surface area contributed by atoms with Gasteiger partial charge in [0.15, 0.2) is 5.78 Å². The third-order valence-electron chi connectivity index (χ3n) is 3.71. The topological polar surface area (TPSA) is 66.8 Å². The van der Waals surface area contributed by atoms with Crippen LogP contribution in [0.1, 0.15) is 90.9 Å². The molecule has 0 aromatic carbocycles. The van der Waals surface area contributed by atoms with Crippen molar-refractivity contribution < 1.29 is 20.0 Å². The number of aliphatic hydroxyl groups is 1. The highest BCUT2D eigenvalue weighted by Gasteiger charge is 2.36. The Morgan fingerprint density at radius 2 is 1.40 bits per heavy atom. The predicted molar refractivity (Wildman–Crippen MR) is 80.4 cm³/mol. The number of carbonyl (C=O) groups excluding carboxylic acids is 1. The molecule has 20 heavy (non-hydrogen) atoms. The summed E-state index contributed by atoms with van der Waals surface area (Å²) in [7, 11) is 0. The van der Waals surface area contributed by atoms with Crippen molar-refractivity contribution in [3.05, 3.63) is 0 Å². The lowest BCUT2D eigenvalue weighted by molar-refractivity contribution is -0.375. The first kappa shape index (κ1) is 19.6. The monoisotopic (exact) mass is 288 g/mol. The first-order chi connectivity index (χ1) is 9.60. The first-order valence-corrected chi connectivity index (χ1v) is 8.19. The summed E-state index contributed by atoms with van der Waals surface area (Å²) in [6.45, 7) is 4.28. The zero-order chi connectivity index (χ0) is 15.3. The molecule has 2 N–H and O–H groups in total. The fourth-order valence-electron chi connectivity index (χ4n) is 2.29. The van der Waals surface area contributed by atoms with E-state index >= 15 is 0 Å². The van der Waals surface area contributed by atoms with E-state index in [0.29, 0.717) is 6.42 Å². The molecule has 0 bridgehead atoms. The van der Waals surface area contributed by atoms with E-state index in [2.05, 4.69) is 18.7 Å². The van der Waals surface area contributed by atoms with Crippen molar-refractivity contribution in [3.63, 3.8) is 0 Å². The molecular weight excluding hydrogens is 256 g/mol. The van der Waals surface area contributed by atoms with Crippen LogP contribution in [0.3, 0.4) is 0 Å². The average Bonchev–Trinajstić information content (AvgIpc) is 2.46. The maximum absolute atomic E-state index is 11.9. The second-order valence-corrected chi connectivity index (χ2v) is 5.63. The van der Waals surface area contributed by atoms with Crippen molar-refractivity contribution in [2.75, 3.05) is 0 Å². The van der Waals surface area contributed by atoms with Crippen LogP contribution in [0.15, 0.2) is 0 Å². The van der Waals surface area contributed by atoms with E-state index in [9.17, 15) is 9.90 Å².